The molecule has 4 aliphatic rings. The zero-order valence-corrected chi connectivity index (χ0v) is 30.9. The number of halogens is 6. The first-order chi connectivity index (χ1) is 24.9. The zero-order chi connectivity index (χ0) is 36.8. The van der Waals surface area contributed by atoms with E-state index in [-0.39, 0.29) is 35.9 Å². The first-order valence-corrected chi connectivity index (χ1v) is 18.3. The highest BCUT2D eigenvalue weighted by molar-refractivity contribution is 6.42. The van der Waals surface area contributed by atoms with Crippen LogP contribution < -0.4 is 10.6 Å². The molecular formula is C38H34Cl4F2N4O4. The third-order valence-corrected chi connectivity index (χ3v) is 11.6. The van der Waals surface area contributed by atoms with Crippen molar-refractivity contribution < 1.29 is 27.8 Å². The van der Waals surface area contributed by atoms with Crippen LogP contribution in [0.4, 0.5) is 20.2 Å². The van der Waals surface area contributed by atoms with Crippen molar-refractivity contribution in [1.82, 2.24) is 9.97 Å². The fourth-order valence-corrected chi connectivity index (χ4v) is 8.56. The standard InChI is InChI=1S/2C19H17Cl2FN2O2/c2*1-9-6-10(4-5-23-9)16-15-8-14(22)18(26-15)17(16)19(25)24-11-2-3-12(20)13(21)7-11/h2*2-7,14-18H,8H2,1H3,(H,24,25)/t2*14-,15-,16-,17+,18+/m10/s1. The van der Waals surface area contributed by atoms with Crippen LogP contribution >= 0.6 is 46.4 Å². The van der Waals surface area contributed by atoms with Crippen molar-refractivity contribution in [1.29, 1.82) is 0 Å². The first kappa shape index (κ1) is 37.0. The van der Waals surface area contributed by atoms with Crippen LogP contribution in [0, 0.1) is 25.7 Å². The number of carbonyl (C=O) groups excluding carboxylic acids is 2. The van der Waals surface area contributed by atoms with Crippen LogP contribution in [0.5, 0.6) is 0 Å². The Hall–Kier alpha value is -3.38. The molecule has 6 heterocycles. The SMILES string of the molecule is Cc1cc([C@@H]2[C@@H](C(=O)Nc3ccc(Cl)c(Cl)c3)[C@@H]3O[C@H]2C[C@@H]3F)ccn1.Cc1cc([C@H]2[C@H](C(=O)Nc3ccc(Cl)c(Cl)c3)[C@H]3O[C@@H]2C[C@H]3F)ccn1. The summed E-state index contributed by atoms with van der Waals surface area (Å²) in [7, 11) is 0. The van der Waals surface area contributed by atoms with E-state index in [0.717, 1.165) is 22.5 Å². The van der Waals surface area contributed by atoms with E-state index in [1.807, 2.05) is 38.1 Å². The van der Waals surface area contributed by atoms with Gasteiger partial charge in [0.25, 0.3) is 0 Å². The highest BCUT2D eigenvalue weighted by atomic mass is 35.5. The fourth-order valence-electron chi connectivity index (χ4n) is 7.97. The predicted molar refractivity (Wildman–Crippen MR) is 197 cm³/mol. The number of ether oxygens (including phenoxy) is 2. The van der Waals surface area contributed by atoms with Crippen molar-refractivity contribution in [2.24, 2.45) is 11.8 Å². The maximum absolute atomic E-state index is 14.3. The zero-order valence-electron chi connectivity index (χ0n) is 27.9. The van der Waals surface area contributed by atoms with Gasteiger partial charge in [-0.15, -0.1) is 0 Å². The van der Waals surface area contributed by atoms with Crippen molar-refractivity contribution in [3.8, 4) is 0 Å². The van der Waals surface area contributed by atoms with Crippen molar-refractivity contribution in [3.63, 3.8) is 0 Å². The number of anilines is 2. The summed E-state index contributed by atoms with van der Waals surface area (Å²) in [5.41, 5.74) is 4.65. The molecule has 8 rings (SSSR count). The summed E-state index contributed by atoms with van der Waals surface area (Å²) in [6.45, 7) is 3.78. The molecule has 272 valence electrons. The molecule has 4 saturated heterocycles. The molecule has 8 nitrogen and oxygen atoms in total. The Morgan fingerprint density at radius 3 is 1.40 bits per heavy atom. The van der Waals surface area contributed by atoms with Crippen molar-refractivity contribution >= 4 is 69.6 Å². The first-order valence-electron chi connectivity index (χ1n) is 16.8. The number of amides is 2. The molecule has 0 radical (unpaired) electrons. The van der Waals surface area contributed by atoms with E-state index in [0.29, 0.717) is 44.3 Å². The van der Waals surface area contributed by atoms with E-state index in [4.69, 9.17) is 55.9 Å². The van der Waals surface area contributed by atoms with E-state index < -0.39 is 36.4 Å². The van der Waals surface area contributed by atoms with Gasteiger partial charge in [-0.2, -0.15) is 0 Å². The number of rotatable bonds is 6. The highest BCUT2D eigenvalue weighted by Gasteiger charge is 2.59. The molecule has 4 fully saturated rings. The van der Waals surface area contributed by atoms with Crippen LogP contribution in [0.15, 0.2) is 73.1 Å². The molecule has 2 aromatic carbocycles. The van der Waals surface area contributed by atoms with Gasteiger partial charge in [0.2, 0.25) is 11.8 Å². The van der Waals surface area contributed by atoms with Crippen molar-refractivity contribution in [2.45, 2.75) is 75.3 Å². The van der Waals surface area contributed by atoms with E-state index in [1.54, 1.807) is 48.8 Å². The number of pyridine rings is 2. The van der Waals surface area contributed by atoms with Crippen LogP contribution in [0.3, 0.4) is 0 Å². The molecule has 4 aromatic rings. The Labute approximate surface area is 319 Å². The van der Waals surface area contributed by atoms with Gasteiger partial charge in [0, 0.05) is 59.8 Å². The fraction of sp³-hybridized carbons (Fsp3) is 0.368. The minimum absolute atomic E-state index is 0.198. The number of alkyl halides is 2. The van der Waals surface area contributed by atoms with Gasteiger partial charge in [-0.25, -0.2) is 8.78 Å². The lowest BCUT2D eigenvalue weighted by atomic mass is 9.74. The molecule has 4 bridgehead atoms. The molecule has 4 aliphatic heterocycles. The molecule has 0 unspecified atom stereocenters. The minimum atomic E-state index is -1.14. The van der Waals surface area contributed by atoms with Gasteiger partial charge in [-0.1, -0.05) is 46.4 Å². The molecule has 2 aromatic heterocycles. The second-order valence-electron chi connectivity index (χ2n) is 13.6. The molecule has 14 heteroatoms. The number of aromatic nitrogens is 2. The monoisotopic (exact) mass is 788 g/mol. The molecule has 52 heavy (non-hydrogen) atoms. The number of nitrogens with one attached hydrogen (secondary N) is 2. The van der Waals surface area contributed by atoms with Gasteiger partial charge >= 0.3 is 0 Å². The molecule has 0 spiro atoms. The van der Waals surface area contributed by atoms with Gasteiger partial charge in [-0.05, 0) is 85.6 Å². The summed E-state index contributed by atoms with van der Waals surface area (Å²) in [6, 6.07) is 17.3. The average Bonchev–Trinajstić information content (AvgIpc) is 3.87. The van der Waals surface area contributed by atoms with Gasteiger partial charge in [-0.3, -0.25) is 19.6 Å². The van der Waals surface area contributed by atoms with E-state index in [1.165, 1.54) is 0 Å². The Balaban J connectivity index is 0.000000162. The summed E-state index contributed by atoms with van der Waals surface area (Å²) in [4.78, 5) is 34.3. The number of carbonyl (C=O) groups is 2. The highest BCUT2D eigenvalue weighted by Crippen LogP contribution is 2.51. The Morgan fingerprint density at radius 2 is 1.04 bits per heavy atom. The van der Waals surface area contributed by atoms with Crippen LogP contribution in [0.2, 0.25) is 20.1 Å². The second-order valence-corrected chi connectivity index (χ2v) is 15.2. The summed E-state index contributed by atoms with van der Waals surface area (Å²) in [5.74, 6) is -2.18. The maximum Gasteiger partial charge on any atom is 0.230 e. The quantitative estimate of drug-likeness (QED) is 0.202. The van der Waals surface area contributed by atoms with Crippen LogP contribution in [-0.2, 0) is 19.1 Å². The van der Waals surface area contributed by atoms with Crippen molar-refractivity contribution in [3.05, 3.63) is 116 Å². The largest absolute Gasteiger partial charge is 0.370 e. The number of hydrogen-bond acceptors (Lipinski definition) is 6. The third kappa shape index (κ3) is 7.39. The van der Waals surface area contributed by atoms with Crippen LogP contribution in [0.25, 0.3) is 0 Å². The molecule has 0 saturated carbocycles. The number of benzene rings is 2. The molecule has 0 aliphatic carbocycles. The van der Waals surface area contributed by atoms with Gasteiger partial charge in [0.15, 0.2) is 0 Å². The maximum atomic E-state index is 14.3. The summed E-state index contributed by atoms with van der Waals surface area (Å²) >= 11 is 23.8. The van der Waals surface area contributed by atoms with Crippen LogP contribution in [-0.4, -0.2) is 58.5 Å². The van der Waals surface area contributed by atoms with Gasteiger partial charge in [0.1, 0.15) is 24.6 Å². The topological polar surface area (TPSA) is 102 Å². The normalized spacial score (nSPS) is 29.8. The second kappa shape index (κ2) is 15.2. The number of aryl methyl sites for hydroxylation is 2. The molecular weight excluding hydrogens is 756 g/mol. The van der Waals surface area contributed by atoms with Crippen LogP contribution in [0.1, 0.15) is 47.2 Å². The van der Waals surface area contributed by atoms with Gasteiger partial charge < -0.3 is 20.1 Å². The van der Waals surface area contributed by atoms with Crippen molar-refractivity contribution in [2.75, 3.05) is 10.6 Å². The van der Waals surface area contributed by atoms with Gasteiger partial charge in [0.05, 0.1) is 44.1 Å². The summed E-state index contributed by atoms with van der Waals surface area (Å²) in [6.07, 6.45) is -0.312. The predicted octanol–water partition coefficient (Wildman–Crippen LogP) is 9.09. The smallest absolute Gasteiger partial charge is 0.230 e. The summed E-state index contributed by atoms with van der Waals surface area (Å²) in [5, 5.41) is 7.16. The Bertz CT molecular complexity index is 1870. The summed E-state index contributed by atoms with van der Waals surface area (Å²) < 4.78 is 40.2. The Morgan fingerprint density at radius 1 is 0.635 bits per heavy atom. The van der Waals surface area contributed by atoms with E-state index >= 15 is 0 Å². The Kier molecular flexibility index (Phi) is 10.8. The lowest BCUT2D eigenvalue weighted by Gasteiger charge is -2.29. The molecule has 2 amide bonds. The lowest BCUT2D eigenvalue weighted by Crippen LogP contribution is -2.41. The minimum Gasteiger partial charge on any atom is -0.370 e. The molecule has 2 N–H and O–H groups in total. The lowest BCUT2D eigenvalue weighted by molar-refractivity contribution is -0.123. The number of hydrogen-bond donors (Lipinski definition) is 2. The van der Waals surface area contributed by atoms with E-state index in [9.17, 15) is 18.4 Å². The number of fused-ring (bicyclic) bond motifs is 4. The molecule has 10 atom stereocenters. The average molecular weight is 791 g/mol. The van der Waals surface area contributed by atoms with E-state index in [2.05, 4.69) is 20.6 Å². The number of nitrogens with zero attached hydrogens (tertiary/aromatic N) is 2. The third-order valence-electron chi connectivity index (χ3n) is 10.2.